The lowest BCUT2D eigenvalue weighted by Gasteiger charge is -2.10. The Bertz CT molecular complexity index is 1250. The van der Waals surface area contributed by atoms with E-state index in [-0.39, 0.29) is 29.4 Å². The van der Waals surface area contributed by atoms with Crippen LogP contribution in [-0.4, -0.2) is 40.7 Å². The van der Waals surface area contributed by atoms with Gasteiger partial charge in [0, 0.05) is 29.7 Å². The van der Waals surface area contributed by atoms with Crippen molar-refractivity contribution in [2.24, 2.45) is 0 Å². The maximum absolute atomic E-state index is 13.0. The molecule has 0 radical (unpaired) electrons. The van der Waals surface area contributed by atoms with Gasteiger partial charge in [-0.15, -0.1) is 0 Å². The maximum atomic E-state index is 13.0. The van der Waals surface area contributed by atoms with Crippen molar-refractivity contribution >= 4 is 39.1 Å². The van der Waals surface area contributed by atoms with E-state index in [1.807, 2.05) is 0 Å². The van der Waals surface area contributed by atoms with Crippen LogP contribution in [0.4, 0.5) is 26.2 Å². The number of sulfonamides is 1. The third kappa shape index (κ3) is 7.02. The fourth-order valence-electron chi connectivity index (χ4n) is 2.77. The molecule has 0 heterocycles. The molecule has 3 N–H and O–H groups in total. The molecule has 11 heteroatoms. The summed E-state index contributed by atoms with van der Waals surface area (Å²) in [5, 5.41) is 5.24. The highest BCUT2D eigenvalue weighted by Crippen LogP contribution is 2.19. The highest BCUT2D eigenvalue weighted by atomic mass is 32.2. The van der Waals surface area contributed by atoms with E-state index in [0.717, 1.165) is 24.3 Å². The molecule has 0 aliphatic carbocycles. The van der Waals surface area contributed by atoms with E-state index in [2.05, 4.69) is 15.4 Å². The second kappa shape index (κ2) is 11.3. The van der Waals surface area contributed by atoms with Gasteiger partial charge in [-0.3, -0.25) is 14.8 Å². The molecule has 3 rings (SSSR count). The molecule has 0 aliphatic rings. The molecule has 0 unspecified atom stereocenters. The van der Waals surface area contributed by atoms with Crippen molar-refractivity contribution < 1.29 is 31.9 Å². The number of amides is 2. The van der Waals surface area contributed by atoms with Gasteiger partial charge in [-0.2, -0.15) is 0 Å². The number of hydrogen-bond donors (Lipinski definition) is 3. The summed E-state index contributed by atoms with van der Waals surface area (Å²) in [7, 11) is -2.41. The average molecular weight is 488 g/mol. The van der Waals surface area contributed by atoms with E-state index >= 15 is 0 Å². The number of nitrogens with one attached hydrogen (secondary N) is 3. The summed E-state index contributed by atoms with van der Waals surface area (Å²) >= 11 is 0. The average Bonchev–Trinajstić information content (AvgIpc) is 2.80. The Morgan fingerprint density at radius 3 is 2.15 bits per heavy atom. The van der Waals surface area contributed by atoms with Crippen LogP contribution in [-0.2, 0) is 19.5 Å². The topological polar surface area (TPSA) is 123 Å². The van der Waals surface area contributed by atoms with E-state index in [1.165, 1.54) is 31.4 Å². The summed E-state index contributed by atoms with van der Waals surface area (Å²) in [6, 6.07) is 16.7. The summed E-state index contributed by atoms with van der Waals surface area (Å²) in [5.74, 6) is -0.981. The number of hydrogen-bond acceptors (Lipinski definition) is 6. The molecule has 0 saturated heterocycles. The molecule has 34 heavy (non-hydrogen) atoms. The zero-order valence-electron chi connectivity index (χ0n) is 18.1. The van der Waals surface area contributed by atoms with Crippen LogP contribution in [0.5, 0.6) is 0 Å². The molecule has 0 saturated carbocycles. The van der Waals surface area contributed by atoms with Gasteiger partial charge >= 0.3 is 6.09 Å². The third-order valence-corrected chi connectivity index (χ3v) is 5.81. The van der Waals surface area contributed by atoms with Crippen LogP contribution in [0.1, 0.15) is 10.4 Å². The third-order valence-electron chi connectivity index (χ3n) is 4.41. The van der Waals surface area contributed by atoms with Gasteiger partial charge < -0.3 is 14.8 Å². The van der Waals surface area contributed by atoms with Crippen LogP contribution in [0.2, 0.25) is 0 Å². The molecule has 3 aromatic carbocycles. The molecule has 0 fully saturated rings. The van der Waals surface area contributed by atoms with Crippen molar-refractivity contribution in [3.8, 4) is 0 Å². The number of ether oxygens (including phenoxy) is 2. The van der Waals surface area contributed by atoms with Crippen LogP contribution in [0.25, 0.3) is 0 Å². The highest BCUT2D eigenvalue weighted by molar-refractivity contribution is 7.92. The van der Waals surface area contributed by atoms with Crippen molar-refractivity contribution in [1.29, 1.82) is 0 Å². The number of halogens is 1. The maximum Gasteiger partial charge on any atom is 0.411 e. The highest BCUT2D eigenvalue weighted by Gasteiger charge is 2.15. The fraction of sp³-hybridized carbons (Fsp3) is 0.130. The fourth-order valence-corrected chi connectivity index (χ4v) is 3.83. The molecule has 178 valence electrons. The van der Waals surface area contributed by atoms with Gasteiger partial charge in [0.1, 0.15) is 12.4 Å². The van der Waals surface area contributed by atoms with Crippen molar-refractivity contribution in [3.05, 3.63) is 84.2 Å². The molecular formula is C23H22FN3O6S. The Balaban J connectivity index is 1.60. The van der Waals surface area contributed by atoms with Gasteiger partial charge in [0.25, 0.3) is 15.9 Å². The summed E-state index contributed by atoms with van der Waals surface area (Å²) in [6.45, 7) is 0.380. The van der Waals surface area contributed by atoms with Crippen molar-refractivity contribution in [1.82, 2.24) is 0 Å². The van der Waals surface area contributed by atoms with Crippen LogP contribution < -0.4 is 15.4 Å². The van der Waals surface area contributed by atoms with Crippen LogP contribution in [0, 0.1) is 5.82 Å². The van der Waals surface area contributed by atoms with Gasteiger partial charge in [-0.25, -0.2) is 17.6 Å². The Hall–Kier alpha value is -3.96. The van der Waals surface area contributed by atoms with E-state index < -0.39 is 27.8 Å². The minimum atomic E-state index is -3.90. The van der Waals surface area contributed by atoms with Gasteiger partial charge in [-0.05, 0) is 66.7 Å². The molecule has 0 aliphatic heterocycles. The predicted molar refractivity (Wildman–Crippen MR) is 125 cm³/mol. The summed E-state index contributed by atoms with van der Waals surface area (Å²) in [4.78, 5) is 24.2. The number of anilines is 3. The SMILES string of the molecule is COCCOC(=O)Nc1cccc(NC(=O)c2ccc(NS(=O)(=O)c3ccc(F)cc3)cc2)c1. The lowest BCUT2D eigenvalue weighted by Crippen LogP contribution is -2.17. The molecule has 3 aromatic rings. The molecular weight excluding hydrogens is 465 g/mol. The minimum Gasteiger partial charge on any atom is -0.447 e. The van der Waals surface area contributed by atoms with E-state index in [1.54, 1.807) is 24.3 Å². The monoisotopic (exact) mass is 487 g/mol. The smallest absolute Gasteiger partial charge is 0.411 e. The predicted octanol–water partition coefficient (Wildman–Crippen LogP) is 4.07. The van der Waals surface area contributed by atoms with Crippen LogP contribution in [0.3, 0.4) is 0 Å². The zero-order valence-corrected chi connectivity index (χ0v) is 18.9. The number of methoxy groups -OCH3 is 1. The molecule has 0 bridgehead atoms. The summed E-state index contributed by atoms with van der Waals surface area (Å²) in [5.41, 5.74) is 1.37. The summed E-state index contributed by atoms with van der Waals surface area (Å²) < 4.78 is 49.9. The van der Waals surface area contributed by atoms with Gasteiger partial charge in [0.2, 0.25) is 0 Å². The lowest BCUT2D eigenvalue weighted by atomic mass is 10.2. The first-order chi connectivity index (χ1) is 16.3. The number of carbonyl (C=O) groups is 2. The first-order valence-corrected chi connectivity index (χ1v) is 11.5. The van der Waals surface area contributed by atoms with Gasteiger partial charge in [0.05, 0.1) is 11.5 Å². The normalized spacial score (nSPS) is 10.9. The standard InChI is InChI=1S/C23H22FN3O6S/c1-32-13-14-33-23(29)26-20-4-2-3-19(15-20)25-22(28)16-5-9-18(10-6-16)27-34(30,31)21-11-7-17(24)8-12-21/h2-12,15,27H,13-14H2,1H3,(H,25,28)(H,26,29). The quantitative estimate of drug-likeness (QED) is 0.391. The number of carbonyl (C=O) groups excluding carboxylic acids is 2. The van der Waals surface area contributed by atoms with Gasteiger partial charge in [-0.1, -0.05) is 6.07 Å². The number of rotatable bonds is 9. The minimum absolute atomic E-state index is 0.0909. The lowest BCUT2D eigenvalue weighted by molar-refractivity contribution is 0.102. The molecule has 0 atom stereocenters. The first kappa shape index (κ1) is 24.7. The first-order valence-electron chi connectivity index (χ1n) is 9.99. The number of benzene rings is 3. The summed E-state index contributed by atoms with van der Waals surface area (Å²) in [6.07, 6.45) is -0.654. The zero-order chi connectivity index (χ0) is 24.6. The van der Waals surface area contributed by atoms with Crippen LogP contribution in [0.15, 0.2) is 77.7 Å². The molecule has 0 spiro atoms. The second-order valence-electron chi connectivity index (χ2n) is 6.93. The van der Waals surface area contributed by atoms with E-state index in [4.69, 9.17) is 9.47 Å². The second-order valence-corrected chi connectivity index (χ2v) is 8.61. The largest absolute Gasteiger partial charge is 0.447 e. The van der Waals surface area contributed by atoms with Crippen molar-refractivity contribution in [2.45, 2.75) is 4.90 Å². The molecule has 2 amide bonds. The van der Waals surface area contributed by atoms with Crippen molar-refractivity contribution in [2.75, 3.05) is 35.7 Å². The molecule has 9 nitrogen and oxygen atoms in total. The van der Waals surface area contributed by atoms with Crippen LogP contribution >= 0.6 is 0 Å². The Kier molecular flexibility index (Phi) is 8.17. The van der Waals surface area contributed by atoms with Gasteiger partial charge in [0.15, 0.2) is 0 Å². The Labute approximate surface area is 195 Å². The molecule has 0 aromatic heterocycles. The van der Waals surface area contributed by atoms with Crippen molar-refractivity contribution in [3.63, 3.8) is 0 Å². The van der Waals surface area contributed by atoms with E-state index in [9.17, 15) is 22.4 Å². The Morgan fingerprint density at radius 2 is 1.50 bits per heavy atom. The Morgan fingerprint density at radius 1 is 0.853 bits per heavy atom. The van der Waals surface area contributed by atoms with E-state index in [0.29, 0.717) is 11.4 Å².